The second-order valence-electron chi connectivity index (χ2n) is 6.98. The smallest absolute Gasteiger partial charge is 0.278 e. The van der Waals surface area contributed by atoms with E-state index in [2.05, 4.69) is 36.7 Å². The van der Waals surface area contributed by atoms with E-state index in [9.17, 15) is 4.79 Å². The average molecular weight is 474 g/mol. The van der Waals surface area contributed by atoms with Crippen LogP contribution in [0.5, 0.6) is 0 Å². The lowest BCUT2D eigenvalue weighted by Gasteiger charge is -2.06. The van der Waals surface area contributed by atoms with E-state index >= 15 is 0 Å². The van der Waals surface area contributed by atoms with Crippen molar-refractivity contribution in [3.05, 3.63) is 88.7 Å². The Bertz CT molecular complexity index is 1390. The van der Waals surface area contributed by atoms with Gasteiger partial charge in [0.1, 0.15) is 5.52 Å². The molecule has 0 saturated carbocycles. The Kier molecular flexibility index (Phi) is 4.83. The van der Waals surface area contributed by atoms with E-state index in [1.165, 1.54) is 0 Å². The van der Waals surface area contributed by atoms with Crippen molar-refractivity contribution in [2.75, 3.05) is 5.32 Å². The minimum absolute atomic E-state index is 0.261. The lowest BCUT2D eigenvalue weighted by Crippen LogP contribution is -2.14. The Balaban J connectivity index is 1.49. The molecule has 0 saturated heterocycles. The highest BCUT2D eigenvalue weighted by atomic mass is 79.9. The Morgan fingerprint density at radius 3 is 2.58 bits per heavy atom. The summed E-state index contributed by atoms with van der Waals surface area (Å²) in [6.07, 6.45) is 0. The molecule has 0 spiro atoms. The van der Waals surface area contributed by atoms with Crippen molar-refractivity contribution in [3.63, 3.8) is 0 Å². The number of hydrogen-bond donors (Lipinski definition) is 1. The summed E-state index contributed by atoms with van der Waals surface area (Å²) in [6.45, 7) is 1.81. The molecule has 0 aliphatic heterocycles. The van der Waals surface area contributed by atoms with Crippen LogP contribution in [0, 0.1) is 6.92 Å². The van der Waals surface area contributed by atoms with Gasteiger partial charge in [0.25, 0.3) is 5.91 Å². The zero-order chi connectivity index (χ0) is 21.4. The highest BCUT2D eigenvalue weighted by molar-refractivity contribution is 9.10. The largest absolute Gasteiger partial charge is 0.355 e. The van der Waals surface area contributed by atoms with Crippen LogP contribution in [0.2, 0.25) is 0 Å². The summed E-state index contributed by atoms with van der Waals surface area (Å²) in [5.74, 6) is 0.366. The number of carbonyl (C=O) groups excluding carboxylic acids is 1. The maximum absolute atomic E-state index is 12.7. The zero-order valence-electron chi connectivity index (χ0n) is 16.4. The normalized spacial score (nSPS) is 11.0. The van der Waals surface area contributed by atoms with Gasteiger partial charge in [-0.25, -0.2) is 4.68 Å². The van der Waals surface area contributed by atoms with Crippen LogP contribution in [0.3, 0.4) is 0 Å². The number of carbonyl (C=O) groups is 1. The van der Waals surface area contributed by atoms with Gasteiger partial charge < -0.3 is 9.84 Å². The van der Waals surface area contributed by atoms with Gasteiger partial charge in [-0.1, -0.05) is 56.6 Å². The minimum Gasteiger partial charge on any atom is -0.355 e. The second kappa shape index (κ2) is 7.81. The lowest BCUT2D eigenvalue weighted by atomic mass is 10.1. The summed E-state index contributed by atoms with van der Waals surface area (Å²) in [5, 5.41) is 16.2. The van der Waals surface area contributed by atoms with Gasteiger partial charge in [0, 0.05) is 15.7 Å². The number of nitrogens with one attached hydrogen (secondary N) is 1. The maximum Gasteiger partial charge on any atom is 0.278 e. The van der Waals surface area contributed by atoms with Crippen LogP contribution >= 0.6 is 15.9 Å². The molecule has 31 heavy (non-hydrogen) atoms. The zero-order valence-corrected chi connectivity index (χ0v) is 18.0. The number of halogens is 1. The summed E-state index contributed by atoms with van der Waals surface area (Å²) >= 11 is 3.38. The predicted molar refractivity (Wildman–Crippen MR) is 121 cm³/mol. The lowest BCUT2D eigenvalue weighted by molar-refractivity contribution is 0.102. The molecule has 0 aliphatic carbocycles. The fourth-order valence-corrected chi connectivity index (χ4v) is 3.63. The van der Waals surface area contributed by atoms with Crippen LogP contribution in [-0.2, 0) is 0 Å². The van der Waals surface area contributed by atoms with E-state index in [0.29, 0.717) is 17.1 Å². The molecule has 0 atom stereocenters. The first-order valence-electron chi connectivity index (χ1n) is 9.54. The van der Waals surface area contributed by atoms with Crippen LogP contribution in [0.1, 0.15) is 16.2 Å². The van der Waals surface area contributed by atoms with Crippen LogP contribution in [0.4, 0.5) is 5.69 Å². The molecule has 8 heteroatoms. The highest BCUT2D eigenvalue weighted by Crippen LogP contribution is 2.30. The quantitative estimate of drug-likeness (QED) is 0.377. The van der Waals surface area contributed by atoms with Crippen molar-refractivity contribution < 1.29 is 9.32 Å². The monoisotopic (exact) mass is 473 g/mol. The molecule has 1 amide bonds. The Morgan fingerprint density at radius 2 is 1.81 bits per heavy atom. The summed E-state index contributed by atoms with van der Waals surface area (Å²) in [4.78, 5) is 12.7. The van der Waals surface area contributed by atoms with Gasteiger partial charge in [-0.15, -0.1) is 5.10 Å². The van der Waals surface area contributed by atoms with Crippen LogP contribution < -0.4 is 5.32 Å². The Labute approximate surface area is 185 Å². The molecule has 0 radical (unpaired) electrons. The van der Waals surface area contributed by atoms with Crippen molar-refractivity contribution in [1.29, 1.82) is 0 Å². The molecule has 1 N–H and O–H groups in total. The number of rotatable bonds is 4. The standard InChI is InChI=1S/C23H16BrN5O2/c1-14-21(23(30)25-17-9-7-16(24)8-10-17)26-28-29(14)18-11-12-20-19(13-18)22(31-27-20)15-5-3-2-4-6-15/h2-13H,1H3,(H,25,30). The summed E-state index contributed by atoms with van der Waals surface area (Å²) in [6, 6.07) is 22.8. The van der Waals surface area contributed by atoms with Crippen LogP contribution in [-0.4, -0.2) is 26.1 Å². The van der Waals surface area contributed by atoms with Gasteiger partial charge in [0.05, 0.1) is 16.8 Å². The first kappa shape index (κ1) is 19.2. The van der Waals surface area contributed by atoms with Gasteiger partial charge in [0.2, 0.25) is 0 Å². The number of anilines is 1. The molecule has 0 unspecified atom stereocenters. The average Bonchev–Trinajstić information content (AvgIpc) is 3.39. The van der Waals surface area contributed by atoms with E-state index in [4.69, 9.17) is 4.52 Å². The molecule has 0 aliphatic rings. The molecule has 5 aromatic rings. The van der Waals surface area contributed by atoms with Crippen LogP contribution in [0.25, 0.3) is 27.9 Å². The molecule has 152 valence electrons. The molecular formula is C23H16BrN5O2. The third-order valence-corrected chi connectivity index (χ3v) is 5.48. The highest BCUT2D eigenvalue weighted by Gasteiger charge is 2.19. The van der Waals surface area contributed by atoms with Crippen molar-refractivity contribution in [1.82, 2.24) is 20.2 Å². The molecule has 3 aromatic carbocycles. The van der Waals surface area contributed by atoms with E-state index in [1.54, 1.807) is 4.68 Å². The number of benzene rings is 3. The SMILES string of the molecule is Cc1c(C(=O)Nc2ccc(Br)cc2)nnn1-c1ccc2noc(-c3ccccc3)c2c1. The van der Waals surface area contributed by atoms with Crippen molar-refractivity contribution >= 4 is 38.4 Å². The molecule has 7 nitrogen and oxygen atoms in total. The summed E-state index contributed by atoms with van der Waals surface area (Å²) < 4.78 is 8.15. The maximum atomic E-state index is 12.7. The minimum atomic E-state index is -0.317. The summed E-state index contributed by atoms with van der Waals surface area (Å²) in [7, 11) is 0. The molecule has 0 fully saturated rings. The third kappa shape index (κ3) is 3.62. The molecule has 5 rings (SSSR count). The van der Waals surface area contributed by atoms with Gasteiger partial charge in [0.15, 0.2) is 11.5 Å². The van der Waals surface area contributed by atoms with Gasteiger partial charge in [-0.05, 0) is 49.4 Å². The fraction of sp³-hybridized carbons (Fsp3) is 0.0435. The van der Waals surface area contributed by atoms with Gasteiger partial charge >= 0.3 is 0 Å². The predicted octanol–water partition coefficient (Wildman–Crippen LogP) is 5.40. The summed E-state index contributed by atoms with van der Waals surface area (Å²) in [5.41, 5.74) is 4.02. The van der Waals surface area contributed by atoms with E-state index < -0.39 is 0 Å². The Hall–Kier alpha value is -3.78. The third-order valence-electron chi connectivity index (χ3n) is 4.95. The number of aromatic nitrogens is 4. The van der Waals surface area contributed by atoms with Crippen molar-refractivity contribution in [2.24, 2.45) is 0 Å². The number of nitrogens with zero attached hydrogens (tertiary/aromatic N) is 4. The van der Waals surface area contributed by atoms with Crippen LogP contribution in [0.15, 0.2) is 81.8 Å². The van der Waals surface area contributed by atoms with Gasteiger partial charge in [-0.3, -0.25) is 4.79 Å². The molecule has 2 aromatic heterocycles. The first-order valence-corrected chi connectivity index (χ1v) is 10.3. The fourth-order valence-electron chi connectivity index (χ4n) is 3.37. The number of fused-ring (bicyclic) bond motifs is 1. The van der Waals surface area contributed by atoms with E-state index in [-0.39, 0.29) is 11.6 Å². The Morgan fingerprint density at radius 1 is 1.03 bits per heavy atom. The van der Waals surface area contributed by atoms with E-state index in [1.807, 2.05) is 79.7 Å². The van der Waals surface area contributed by atoms with Crippen molar-refractivity contribution in [2.45, 2.75) is 6.92 Å². The number of hydrogen-bond acceptors (Lipinski definition) is 5. The molecular weight excluding hydrogens is 458 g/mol. The molecule has 0 bridgehead atoms. The van der Waals surface area contributed by atoms with Crippen molar-refractivity contribution in [3.8, 4) is 17.0 Å². The number of amides is 1. The molecule has 2 heterocycles. The second-order valence-corrected chi connectivity index (χ2v) is 7.89. The first-order chi connectivity index (χ1) is 15.1. The van der Waals surface area contributed by atoms with E-state index in [0.717, 1.165) is 26.6 Å². The topological polar surface area (TPSA) is 85.8 Å². The van der Waals surface area contributed by atoms with Gasteiger partial charge in [-0.2, -0.15) is 0 Å².